The summed E-state index contributed by atoms with van der Waals surface area (Å²) in [5, 5.41) is 2.97. The third-order valence-corrected chi connectivity index (χ3v) is 4.13. The molecule has 1 aliphatic heterocycles. The molecule has 2 rings (SSSR count). The van der Waals surface area contributed by atoms with Gasteiger partial charge in [-0.15, -0.1) is 0 Å². The van der Waals surface area contributed by atoms with Gasteiger partial charge in [-0.3, -0.25) is 4.79 Å². The monoisotopic (exact) mass is 275 g/mol. The number of nitrogens with zero attached hydrogens (tertiary/aromatic N) is 1. The highest BCUT2D eigenvalue weighted by Crippen LogP contribution is 2.20. The third kappa shape index (κ3) is 3.97. The van der Waals surface area contributed by atoms with Gasteiger partial charge in [0.2, 0.25) is 5.91 Å². The lowest BCUT2D eigenvalue weighted by molar-refractivity contribution is -0.116. The lowest BCUT2D eigenvalue weighted by Crippen LogP contribution is -2.26. The summed E-state index contributed by atoms with van der Waals surface area (Å²) in [5.41, 5.74) is 8.30. The highest BCUT2D eigenvalue weighted by Gasteiger charge is 2.21. The Hall–Kier alpha value is -1.55. The number of hydrogen-bond donors (Lipinski definition) is 2. The van der Waals surface area contributed by atoms with E-state index in [2.05, 4.69) is 17.1 Å². The zero-order chi connectivity index (χ0) is 14.5. The summed E-state index contributed by atoms with van der Waals surface area (Å²) in [6.45, 7) is 7.33. The number of amides is 1. The Balaban J connectivity index is 1.78. The summed E-state index contributed by atoms with van der Waals surface area (Å²) in [6.07, 6.45) is 3.07. The lowest BCUT2D eigenvalue weighted by atomic mass is 10.1. The summed E-state index contributed by atoms with van der Waals surface area (Å²) < 4.78 is 0. The molecule has 3 N–H and O–H groups in total. The van der Waals surface area contributed by atoms with E-state index >= 15 is 0 Å². The van der Waals surface area contributed by atoms with E-state index < -0.39 is 0 Å². The van der Waals surface area contributed by atoms with Crippen LogP contribution in [0.3, 0.4) is 0 Å². The topological polar surface area (TPSA) is 58.4 Å². The average Bonchev–Trinajstić information content (AvgIpc) is 2.88. The SMILES string of the molecule is CCC1CCN(CCC(=O)Nc2ccc(N)cc2C)C1. The van der Waals surface area contributed by atoms with Gasteiger partial charge in [0.05, 0.1) is 0 Å². The minimum absolute atomic E-state index is 0.0813. The largest absolute Gasteiger partial charge is 0.399 e. The fourth-order valence-electron chi connectivity index (χ4n) is 2.75. The summed E-state index contributed by atoms with van der Waals surface area (Å²) in [5.74, 6) is 0.898. The van der Waals surface area contributed by atoms with Crippen LogP contribution in [-0.4, -0.2) is 30.4 Å². The van der Waals surface area contributed by atoms with Crippen molar-refractivity contribution >= 4 is 17.3 Å². The minimum atomic E-state index is 0.0813. The molecule has 0 aromatic heterocycles. The van der Waals surface area contributed by atoms with Gasteiger partial charge in [0.1, 0.15) is 0 Å². The van der Waals surface area contributed by atoms with Crippen molar-refractivity contribution in [2.24, 2.45) is 5.92 Å². The Morgan fingerprint density at radius 2 is 2.30 bits per heavy atom. The van der Waals surface area contributed by atoms with Gasteiger partial charge in [-0.25, -0.2) is 0 Å². The van der Waals surface area contributed by atoms with Crippen LogP contribution in [0.5, 0.6) is 0 Å². The van der Waals surface area contributed by atoms with Crippen molar-refractivity contribution < 1.29 is 4.79 Å². The first-order valence-electron chi connectivity index (χ1n) is 7.46. The van der Waals surface area contributed by atoms with Crippen LogP contribution < -0.4 is 11.1 Å². The molecule has 0 radical (unpaired) electrons. The molecule has 0 spiro atoms. The average molecular weight is 275 g/mol. The predicted octanol–water partition coefficient (Wildman–Crippen LogP) is 2.64. The number of rotatable bonds is 5. The molecule has 1 unspecified atom stereocenters. The van der Waals surface area contributed by atoms with Gasteiger partial charge in [0, 0.05) is 30.9 Å². The molecule has 1 saturated heterocycles. The molecule has 1 aliphatic rings. The second-order valence-electron chi connectivity index (χ2n) is 5.74. The first-order chi connectivity index (χ1) is 9.58. The Bertz CT molecular complexity index is 473. The number of nitrogens with one attached hydrogen (secondary N) is 1. The maximum atomic E-state index is 12.0. The molecule has 4 heteroatoms. The normalized spacial score (nSPS) is 19.2. The summed E-state index contributed by atoms with van der Waals surface area (Å²) in [7, 11) is 0. The molecular formula is C16H25N3O. The van der Waals surface area contributed by atoms with Gasteiger partial charge in [0.25, 0.3) is 0 Å². The molecular weight excluding hydrogens is 250 g/mol. The van der Waals surface area contributed by atoms with Crippen LogP contribution >= 0.6 is 0 Å². The maximum Gasteiger partial charge on any atom is 0.225 e. The first kappa shape index (κ1) is 14.9. The fraction of sp³-hybridized carbons (Fsp3) is 0.562. The van der Waals surface area contributed by atoms with Crippen LogP contribution in [0.2, 0.25) is 0 Å². The van der Waals surface area contributed by atoms with Gasteiger partial charge in [-0.1, -0.05) is 13.3 Å². The minimum Gasteiger partial charge on any atom is -0.399 e. The van der Waals surface area contributed by atoms with E-state index in [1.54, 1.807) is 0 Å². The number of benzene rings is 1. The van der Waals surface area contributed by atoms with Crippen LogP contribution in [0.25, 0.3) is 0 Å². The highest BCUT2D eigenvalue weighted by atomic mass is 16.1. The molecule has 1 amide bonds. The molecule has 110 valence electrons. The number of nitrogen functional groups attached to an aromatic ring is 1. The Morgan fingerprint density at radius 1 is 1.50 bits per heavy atom. The fourth-order valence-corrected chi connectivity index (χ4v) is 2.75. The van der Waals surface area contributed by atoms with Crippen molar-refractivity contribution in [1.29, 1.82) is 0 Å². The van der Waals surface area contributed by atoms with Gasteiger partial charge < -0.3 is 16.0 Å². The second-order valence-corrected chi connectivity index (χ2v) is 5.74. The number of anilines is 2. The number of hydrogen-bond acceptors (Lipinski definition) is 3. The molecule has 0 saturated carbocycles. The molecule has 1 atom stereocenters. The third-order valence-electron chi connectivity index (χ3n) is 4.13. The van der Waals surface area contributed by atoms with Gasteiger partial charge in [-0.2, -0.15) is 0 Å². The summed E-state index contributed by atoms with van der Waals surface area (Å²) in [6, 6.07) is 5.56. The highest BCUT2D eigenvalue weighted by molar-refractivity contribution is 5.91. The van der Waals surface area contributed by atoms with Crippen molar-refractivity contribution in [3.8, 4) is 0 Å². The molecule has 4 nitrogen and oxygen atoms in total. The van der Waals surface area contributed by atoms with E-state index in [0.29, 0.717) is 6.42 Å². The summed E-state index contributed by atoms with van der Waals surface area (Å²) >= 11 is 0. The number of aryl methyl sites for hydroxylation is 1. The van der Waals surface area contributed by atoms with Crippen LogP contribution in [0.4, 0.5) is 11.4 Å². The van der Waals surface area contributed by atoms with Crippen LogP contribution in [-0.2, 0) is 4.79 Å². The summed E-state index contributed by atoms with van der Waals surface area (Å²) in [4.78, 5) is 14.4. The first-order valence-corrected chi connectivity index (χ1v) is 7.46. The molecule has 1 fully saturated rings. The molecule has 1 heterocycles. The van der Waals surface area contributed by atoms with Crippen molar-refractivity contribution in [3.63, 3.8) is 0 Å². The van der Waals surface area contributed by atoms with Crippen LogP contribution in [0.1, 0.15) is 31.7 Å². The van der Waals surface area contributed by atoms with Gasteiger partial charge in [-0.05, 0) is 49.6 Å². The molecule has 0 bridgehead atoms. The Labute approximate surface area is 121 Å². The number of carbonyl (C=O) groups excluding carboxylic acids is 1. The van der Waals surface area contributed by atoms with E-state index in [-0.39, 0.29) is 5.91 Å². The quantitative estimate of drug-likeness (QED) is 0.812. The van der Waals surface area contributed by atoms with Crippen molar-refractivity contribution in [2.45, 2.75) is 33.1 Å². The van der Waals surface area contributed by atoms with Crippen molar-refractivity contribution in [3.05, 3.63) is 23.8 Å². The zero-order valence-corrected chi connectivity index (χ0v) is 12.5. The van der Waals surface area contributed by atoms with Gasteiger partial charge in [0.15, 0.2) is 0 Å². The standard InChI is InChI=1S/C16H25N3O/c1-3-13-6-8-19(11-13)9-7-16(20)18-15-5-4-14(17)10-12(15)2/h4-5,10,13H,3,6-9,11,17H2,1-2H3,(H,18,20). The van der Waals surface area contributed by atoms with E-state index in [1.807, 2.05) is 25.1 Å². The Kier molecular flexibility index (Phi) is 5.01. The van der Waals surface area contributed by atoms with E-state index in [9.17, 15) is 4.79 Å². The van der Waals surface area contributed by atoms with E-state index in [4.69, 9.17) is 5.73 Å². The molecule has 1 aromatic carbocycles. The number of likely N-dealkylation sites (tertiary alicyclic amines) is 1. The Morgan fingerprint density at radius 3 is 2.95 bits per heavy atom. The zero-order valence-electron chi connectivity index (χ0n) is 12.5. The number of carbonyl (C=O) groups is 1. The smallest absolute Gasteiger partial charge is 0.225 e. The molecule has 0 aliphatic carbocycles. The maximum absolute atomic E-state index is 12.0. The lowest BCUT2D eigenvalue weighted by Gasteiger charge is -2.15. The molecule has 1 aromatic rings. The van der Waals surface area contributed by atoms with Crippen LogP contribution in [0.15, 0.2) is 18.2 Å². The van der Waals surface area contributed by atoms with Crippen LogP contribution in [0, 0.1) is 12.8 Å². The molecule has 20 heavy (non-hydrogen) atoms. The second kappa shape index (κ2) is 6.75. The van der Waals surface area contributed by atoms with Crippen molar-refractivity contribution in [2.75, 3.05) is 30.7 Å². The van der Waals surface area contributed by atoms with Crippen molar-refractivity contribution in [1.82, 2.24) is 4.90 Å². The number of nitrogens with two attached hydrogens (primary N) is 1. The van der Waals surface area contributed by atoms with E-state index in [1.165, 1.54) is 12.8 Å². The predicted molar refractivity (Wildman–Crippen MR) is 83.7 cm³/mol. The van der Waals surface area contributed by atoms with Gasteiger partial charge >= 0.3 is 0 Å². The van der Waals surface area contributed by atoms with E-state index in [0.717, 1.165) is 42.5 Å².